The summed E-state index contributed by atoms with van der Waals surface area (Å²) in [7, 11) is 0. The summed E-state index contributed by atoms with van der Waals surface area (Å²) < 4.78 is 34.8. The van der Waals surface area contributed by atoms with Crippen molar-refractivity contribution in [2.24, 2.45) is 5.92 Å². The van der Waals surface area contributed by atoms with Crippen molar-refractivity contribution in [3.05, 3.63) is 0 Å². The highest BCUT2D eigenvalue weighted by Gasteiger charge is 2.02. The van der Waals surface area contributed by atoms with Gasteiger partial charge in [-0.3, -0.25) is 0 Å². The third-order valence-electron chi connectivity index (χ3n) is 1.99. The molecule has 0 aromatic rings. The molecule has 1 atom stereocenters. The fourth-order valence-electron chi connectivity index (χ4n) is 1.16. The molecule has 84 valence electrons. The summed E-state index contributed by atoms with van der Waals surface area (Å²) >= 11 is 0. The maximum Gasteiger partial charge on any atom is 0.120 e. The fourth-order valence-corrected chi connectivity index (χ4v) is 1.16. The molecule has 1 unspecified atom stereocenters. The summed E-state index contributed by atoms with van der Waals surface area (Å²) in [5.41, 5.74) is 0. The largest absolute Gasteiger partial charge is 0.378 e. The van der Waals surface area contributed by atoms with Crippen molar-refractivity contribution in [1.82, 2.24) is 0 Å². The van der Waals surface area contributed by atoms with Crippen LogP contribution >= 0.6 is 0 Å². The zero-order valence-electron chi connectivity index (χ0n) is 13.4. The maximum atomic E-state index is 10.5. The van der Waals surface area contributed by atoms with E-state index in [0.29, 0.717) is 5.92 Å². The molecule has 0 rings (SSSR count). The maximum absolute atomic E-state index is 10.5. The van der Waals surface area contributed by atoms with E-state index < -0.39 is 19.4 Å². The lowest BCUT2D eigenvalue weighted by Crippen LogP contribution is -2.09. The van der Waals surface area contributed by atoms with Gasteiger partial charge >= 0.3 is 0 Å². The lowest BCUT2D eigenvalue weighted by molar-refractivity contribution is -0.108. The summed E-state index contributed by atoms with van der Waals surface area (Å²) in [5.74, 6) is 0.632. The second-order valence-electron chi connectivity index (χ2n) is 3.89. The van der Waals surface area contributed by atoms with Crippen molar-refractivity contribution < 1.29 is 15.0 Å². The Morgan fingerprint density at radius 1 is 1.36 bits per heavy atom. The standard InChI is InChI=1S/C12H24O2/c1-11(2)7-6-8-12(3)14-10-5-4-9-13/h9,11-12H,4-8,10H2,1-3H3/i4D2,5D2. The highest BCUT2D eigenvalue weighted by atomic mass is 16.5. The number of hydrogen-bond donors (Lipinski definition) is 0. The van der Waals surface area contributed by atoms with E-state index in [1.165, 1.54) is 0 Å². The molecule has 2 nitrogen and oxygen atoms in total. The monoisotopic (exact) mass is 204 g/mol. The van der Waals surface area contributed by atoms with Gasteiger partial charge in [0.25, 0.3) is 0 Å². The van der Waals surface area contributed by atoms with Crippen LogP contribution in [0.5, 0.6) is 0 Å². The van der Waals surface area contributed by atoms with Gasteiger partial charge in [0, 0.05) is 18.5 Å². The summed E-state index contributed by atoms with van der Waals surface area (Å²) in [6.07, 6.45) is -2.01. The van der Waals surface area contributed by atoms with Crippen molar-refractivity contribution in [2.75, 3.05) is 6.61 Å². The van der Waals surface area contributed by atoms with Crippen LogP contribution in [0.15, 0.2) is 0 Å². The smallest absolute Gasteiger partial charge is 0.120 e. The quantitative estimate of drug-likeness (QED) is 0.539. The molecule has 0 aliphatic carbocycles. The van der Waals surface area contributed by atoms with Crippen LogP contribution in [0.3, 0.4) is 0 Å². The molecule has 0 aromatic carbocycles. The molecule has 0 saturated carbocycles. The highest BCUT2D eigenvalue weighted by Crippen LogP contribution is 2.10. The third kappa shape index (κ3) is 9.72. The van der Waals surface area contributed by atoms with Gasteiger partial charge in [-0.25, -0.2) is 0 Å². The van der Waals surface area contributed by atoms with Gasteiger partial charge in [0.2, 0.25) is 0 Å². The van der Waals surface area contributed by atoms with Crippen LogP contribution in [-0.2, 0) is 9.53 Å². The Balaban J connectivity index is 4.04. The summed E-state index contributed by atoms with van der Waals surface area (Å²) in [4.78, 5) is 10.5. The lowest BCUT2D eigenvalue weighted by Gasteiger charge is -2.13. The molecule has 0 aromatic heterocycles. The first-order valence-electron chi connectivity index (χ1n) is 7.20. The molecule has 2 heteroatoms. The minimum atomic E-state index is -2.51. The van der Waals surface area contributed by atoms with E-state index >= 15 is 0 Å². The van der Waals surface area contributed by atoms with E-state index in [9.17, 15) is 4.79 Å². The van der Waals surface area contributed by atoms with Crippen LogP contribution in [0.2, 0.25) is 0 Å². The Kier molecular flexibility index (Phi) is 5.16. The second-order valence-corrected chi connectivity index (χ2v) is 3.89. The van der Waals surface area contributed by atoms with Gasteiger partial charge in [-0.15, -0.1) is 0 Å². The average Bonchev–Trinajstić information content (AvgIpc) is 2.25. The van der Waals surface area contributed by atoms with Gasteiger partial charge < -0.3 is 9.53 Å². The number of carbonyl (C=O) groups excluding carboxylic acids is 1. The van der Waals surface area contributed by atoms with Crippen LogP contribution in [0.4, 0.5) is 0 Å². The molecule has 0 aliphatic rings. The van der Waals surface area contributed by atoms with Gasteiger partial charge in [-0.1, -0.05) is 26.7 Å². The number of hydrogen-bond acceptors (Lipinski definition) is 2. The zero-order valence-corrected chi connectivity index (χ0v) is 9.38. The summed E-state index contributed by atoms with van der Waals surface area (Å²) in [6, 6.07) is 0. The van der Waals surface area contributed by atoms with E-state index in [0.717, 1.165) is 19.3 Å². The summed E-state index contributed by atoms with van der Waals surface area (Å²) in [6.45, 7) is 5.72. The topological polar surface area (TPSA) is 26.3 Å². The highest BCUT2D eigenvalue weighted by molar-refractivity contribution is 5.48. The molecule has 0 N–H and O–H groups in total. The first-order chi connectivity index (χ1) is 8.12. The van der Waals surface area contributed by atoms with Crippen LogP contribution in [0, 0.1) is 5.92 Å². The Hall–Kier alpha value is -0.370. The minimum absolute atomic E-state index is 0.000209. The number of ether oxygens (including phenoxy) is 1. The molecular weight excluding hydrogens is 176 g/mol. The molecule has 0 bridgehead atoms. The Bertz CT molecular complexity index is 254. The van der Waals surface area contributed by atoms with Crippen molar-refractivity contribution >= 4 is 6.29 Å². The van der Waals surface area contributed by atoms with Gasteiger partial charge in [-0.05, 0) is 25.6 Å². The van der Waals surface area contributed by atoms with Crippen molar-refractivity contribution in [3.63, 3.8) is 0 Å². The van der Waals surface area contributed by atoms with Crippen LogP contribution < -0.4 is 0 Å². The predicted octanol–water partition coefficient (Wildman–Crippen LogP) is 3.20. The number of rotatable bonds is 9. The van der Waals surface area contributed by atoms with Gasteiger partial charge in [0.1, 0.15) is 6.29 Å². The van der Waals surface area contributed by atoms with E-state index in [4.69, 9.17) is 10.2 Å². The van der Waals surface area contributed by atoms with E-state index in [-0.39, 0.29) is 12.4 Å². The molecule has 0 heterocycles. The Morgan fingerprint density at radius 2 is 2.07 bits per heavy atom. The zero-order chi connectivity index (χ0) is 14.4. The van der Waals surface area contributed by atoms with Gasteiger partial charge in [0.05, 0.1) is 6.10 Å². The lowest BCUT2D eigenvalue weighted by atomic mass is 10.0. The predicted molar refractivity (Wildman–Crippen MR) is 59.4 cm³/mol. The van der Waals surface area contributed by atoms with E-state index in [2.05, 4.69) is 13.8 Å². The SMILES string of the molecule is [2H]C([2H])(C=O)C([2H])([2H])COC(C)CCCC(C)C. The van der Waals surface area contributed by atoms with Gasteiger partial charge in [-0.2, -0.15) is 0 Å². The molecule has 0 radical (unpaired) electrons. The van der Waals surface area contributed by atoms with Crippen LogP contribution in [0.25, 0.3) is 0 Å². The fraction of sp³-hybridized carbons (Fsp3) is 0.917. The first-order valence-corrected chi connectivity index (χ1v) is 5.20. The third-order valence-corrected chi connectivity index (χ3v) is 1.99. The average molecular weight is 204 g/mol. The number of carbonyl (C=O) groups is 1. The molecule has 14 heavy (non-hydrogen) atoms. The van der Waals surface area contributed by atoms with E-state index in [1.54, 1.807) is 0 Å². The first kappa shape index (κ1) is 7.86. The molecule has 0 saturated heterocycles. The molecule has 0 fully saturated rings. The van der Waals surface area contributed by atoms with Gasteiger partial charge in [0.15, 0.2) is 0 Å². The number of aldehydes is 1. The molecule has 0 spiro atoms. The summed E-state index contributed by atoms with van der Waals surface area (Å²) in [5, 5.41) is 0. The normalized spacial score (nSPS) is 19.4. The Morgan fingerprint density at radius 3 is 2.64 bits per heavy atom. The van der Waals surface area contributed by atoms with Crippen LogP contribution in [0.1, 0.15) is 58.3 Å². The van der Waals surface area contributed by atoms with Crippen molar-refractivity contribution in [2.45, 2.75) is 58.9 Å². The molecule has 0 aliphatic heterocycles. The van der Waals surface area contributed by atoms with Crippen molar-refractivity contribution in [1.29, 1.82) is 0 Å². The van der Waals surface area contributed by atoms with E-state index in [1.807, 2.05) is 6.92 Å². The van der Waals surface area contributed by atoms with Crippen molar-refractivity contribution in [3.8, 4) is 0 Å². The second kappa shape index (κ2) is 9.20. The Labute approximate surface area is 93.6 Å². The van der Waals surface area contributed by atoms with Crippen LogP contribution in [-0.4, -0.2) is 19.0 Å². The molecule has 0 amide bonds. The molecular formula is C12H24O2. The minimum Gasteiger partial charge on any atom is -0.378 e.